The Morgan fingerprint density at radius 1 is 1.07 bits per heavy atom. The second-order valence-corrected chi connectivity index (χ2v) is 8.41. The molecule has 0 saturated carbocycles. The monoisotopic (exact) mass is 462 g/mol. The molecule has 0 aliphatic rings. The van der Waals surface area contributed by atoms with Gasteiger partial charge < -0.3 is 20.1 Å². The van der Waals surface area contributed by atoms with Gasteiger partial charge in [0, 0.05) is 24.9 Å². The van der Waals surface area contributed by atoms with Gasteiger partial charge in [-0.25, -0.2) is 0 Å². The van der Waals surface area contributed by atoms with Gasteiger partial charge in [-0.05, 0) is 63.3 Å². The quantitative estimate of drug-likeness (QED) is 0.577. The highest BCUT2D eigenvalue weighted by atomic mass is 79.9. The molecule has 0 spiro atoms. The number of halogens is 1. The lowest BCUT2D eigenvalue weighted by Gasteiger charge is -2.20. The Balaban J connectivity index is 1.87. The van der Waals surface area contributed by atoms with Crippen LogP contribution in [0.15, 0.2) is 46.9 Å². The average Bonchev–Trinajstić information content (AvgIpc) is 2.67. The molecule has 2 aromatic carbocycles. The number of nitrogens with one attached hydrogen (secondary N) is 2. The van der Waals surface area contributed by atoms with Crippen molar-refractivity contribution in [3.05, 3.63) is 58.1 Å². The molecular formula is C22H27BrN2O4. The minimum absolute atomic E-state index is 0.0330. The van der Waals surface area contributed by atoms with Crippen LogP contribution in [0.5, 0.6) is 5.75 Å². The predicted molar refractivity (Wildman–Crippen MR) is 118 cm³/mol. The van der Waals surface area contributed by atoms with Crippen LogP contribution in [-0.2, 0) is 14.9 Å². The third kappa shape index (κ3) is 7.18. The number of hydrogen-bond acceptors (Lipinski definition) is 4. The molecule has 7 heteroatoms. The van der Waals surface area contributed by atoms with E-state index in [9.17, 15) is 9.59 Å². The zero-order valence-electron chi connectivity index (χ0n) is 17.2. The first-order valence-electron chi connectivity index (χ1n) is 9.30. The topological polar surface area (TPSA) is 76.7 Å². The first-order valence-corrected chi connectivity index (χ1v) is 10.1. The second kappa shape index (κ2) is 10.4. The molecule has 0 heterocycles. The van der Waals surface area contributed by atoms with Gasteiger partial charge in [0.25, 0.3) is 11.8 Å². The maximum absolute atomic E-state index is 12.2. The van der Waals surface area contributed by atoms with Crippen LogP contribution >= 0.6 is 15.9 Å². The summed E-state index contributed by atoms with van der Waals surface area (Å²) < 4.78 is 11.3. The molecule has 6 nitrogen and oxygen atoms in total. The first-order chi connectivity index (χ1) is 13.7. The van der Waals surface area contributed by atoms with E-state index in [1.807, 2.05) is 18.2 Å². The van der Waals surface area contributed by atoms with Crippen LogP contribution in [0.2, 0.25) is 0 Å². The van der Waals surface area contributed by atoms with Gasteiger partial charge in [-0.2, -0.15) is 0 Å². The van der Waals surface area contributed by atoms with E-state index in [0.717, 1.165) is 4.47 Å². The standard InChI is InChI=1S/C22H27BrN2O4/c1-22(2,3)16-7-10-19(18(23)13-16)29-14-20(26)25-17-8-5-15(6-9-17)21(27)24-11-12-28-4/h5-10,13H,11-12,14H2,1-4H3,(H,24,27)(H,25,26). The third-order valence-electron chi connectivity index (χ3n) is 4.18. The molecule has 2 N–H and O–H groups in total. The van der Waals surface area contributed by atoms with Crippen LogP contribution in [0.25, 0.3) is 0 Å². The summed E-state index contributed by atoms with van der Waals surface area (Å²) in [6, 6.07) is 12.5. The molecule has 0 saturated heterocycles. The summed E-state index contributed by atoms with van der Waals surface area (Å²) >= 11 is 3.50. The molecule has 0 fully saturated rings. The van der Waals surface area contributed by atoms with E-state index in [-0.39, 0.29) is 23.8 Å². The SMILES string of the molecule is COCCNC(=O)c1ccc(NC(=O)COc2ccc(C(C)(C)C)cc2Br)cc1. The van der Waals surface area contributed by atoms with Crippen LogP contribution in [0.4, 0.5) is 5.69 Å². The lowest BCUT2D eigenvalue weighted by Crippen LogP contribution is -2.26. The van der Waals surface area contributed by atoms with Crippen molar-refractivity contribution < 1.29 is 19.1 Å². The van der Waals surface area contributed by atoms with Gasteiger partial charge in [0.2, 0.25) is 0 Å². The fraction of sp³-hybridized carbons (Fsp3) is 0.364. The van der Waals surface area contributed by atoms with E-state index < -0.39 is 0 Å². The van der Waals surface area contributed by atoms with E-state index in [2.05, 4.69) is 47.3 Å². The summed E-state index contributed by atoms with van der Waals surface area (Å²) in [4.78, 5) is 24.1. The Labute approximate surface area is 180 Å². The number of rotatable bonds is 8. The highest BCUT2D eigenvalue weighted by Crippen LogP contribution is 2.31. The molecule has 0 bridgehead atoms. The third-order valence-corrected chi connectivity index (χ3v) is 4.80. The first kappa shape index (κ1) is 22.9. The van der Waals surface area contributed by atoms with Crippen molar-refractivity contribution in [2.45, 2.75) is 26.2 Å². The maximum Gasteiger partial charge on any atom is 0.262 e. The van der Waals surface area contributed by atoms with Gasteiger partial charge in [0.05, 0.1) is 11.1 Å². The van der Waals surface area contributed by atoms with Crippen LogP contribution < -0.4 is 15.4 Å². The van der Waals surface area contributed by atoms with Crippen LogP contribution in [0.3, 0.4) is 0 Å². The summed E-state index contributed by atoms with van der Waals surface area (Å²) in [7, 11) is 1.58. The van der Waals surface area contributed by atoms with Gasteiger partial charge in [-0.3, -0.25) is 9.59 Å². The van der Waals surface area contributed by atoms with Crippen LogP contribution in [0.1, 0.15) is 36.7 Å². The summed E-state index contributed by atoms with van der Waals surface area (Å²) in [5.74, 6) is 0.136. The molecular weight excluding hydrogens is 436 g/mol. The number of carbonyl (C=O) groups is 2. The normalized spacial score (nSPS) is 11.1. The number of benzene rings is 2. The zero-order chi connectivity index (χ0) is 21.4. The van der Waals surface area contributed by atoms with Crippen molar-refractivity contribution >= 4 is 33.4 Å². The smallest absolute Gasteiger partial charge is 0.262 e. The number of methoxy groups -OCH3 is 1. The average molecular weight is 463 g/mol. The minimum atomic E-state index is -0.283. The molecule has 0 atom stereocenters. The Hall–Kier alpha value is -2.38. The van der Waals surface area contributed by atoms with E-state index in [1.54, 1.807) is 31.4 Å². The molecule has 0 aliphatic carbocycles. The van der Waals surface area contributed by atoms with Crippen molar-refractivity contribution in [1.29, 1.82) is 0 Å². The van der Waals surface area contributed by atoms with Gasteiger partial charge in [-0.1, -0.05) is 26.8 Å². The molecule has 0 radical (unpaired) electrons. The van der Waals surface area contributed by atoms with Crippen molar-refractivity contribution in [2.24, 2.45) is 0 Å². The summed E-state index contributed by atoms with van der Waals surface area (Å²) in [6.45, 7) is 7.19. The molecule has 0 aliphatic heterocycles. The van der Waals surface area contributed by atoms with E-state index >= 15 is 0 Å². The lowest BCUT2D eigenvalue weighted by atomic mass is 9.87. The van der Waals surface area contributed by atoms with Gasteiger partial charge in [0.1, 0.15) is 5.75 Å². The highest BCUT2D eigenvalue weighted by molar-refractivity contribution is 9.10. The molecule has 156 valence electrons. The van der Waals surface area contributed by atoms with Gasteiger partial charge in [0.15, 0.2) is 6.61 Å². The maximum atomic E-state index is 12.2. The Bertz CT molecular complexity index is 845. The minimum Gasteiger partial charge on any atom is -0.483 e. The molecule has 2 aromatic rings. The summed E-state index contributed by atoms with van der Waals surface area (Å²) in [5, 5.41) is 5.50. The Kier molecular flexibility index (Phi) is 8.22. The van der Waals surface area contributed by atoms with Crippen molar-refractivity contribution in [1.82, 2.24) is 5.32 Å². The van der Waals surface area contributed by atoms with E-state index in [4.69, 9.17) is 9.47 Å². The summed E-state index contributed by atoms with van der Waals surface area (Å²) in [6.07, 6.45) is 0. The predicted octanol–water partition coefficient (Wildman–Crippen LogP) is 4.14. The van der Waals surface area contributed by atoms with Gasteiger partial charge >= 0.3 is 0 Å². The lowest BCUT2D eigenvalue weighted by molar-refractivity contribution is -0.118. The van der Waals surface area contributed by atoms with E-state index in [0.29, 0.717) is 30.2 Å². The van der Waals surface area contributed by atoms with Gasteiger partial charge in [-0.15, -0.1) is 0 Å². The van der Waals surface area contributed by atoms with Crippen molar-refractivity contribution in [3.63, 3.8) is 0 Å². The fourth-order valence-electron chi connectivity index (χ4n) is 2.50. The largest absolute Gasteiger partial charge is 0.483 e. The highest BCUT2D eigenvalue weighted by Gasteiger charge is 2.15. The summed E-state index contributed by atoms with van der Waals surface area (Å²) in [5.41, 5.74) is 2.31. The number of carbonyl (C=O) groups excluding carboxylic acids is 2. The van der Waals surface area contributed by atoms with Crippen molar-refractivity contribution in [2.75, 3.05) is 32.2 Å². The number of anilines is 1. The molecule has 0 unspecified atom stereocenters. The zero-order valence-corrected chi connectivity index (χ0v) is 18.8. The number of ether oxygens (including phenoxy) is 2. The van der Waals surface area contributed by atoms with E-state index in [1.165, 1.54) is 5.56 Å². The number of hydrogen-bond donors (Lipinski definition) is 2. The number of amides is 2. The van der Waals surface area contributed by atoms with Crippen LogP contribution in [0, 0.1) is 0 Å². The molecule has 2 rings (SSSR count). The second-order valence-electron chi connectivity index (χ2n) is 7.56. The fourth-order valence-corrected chi connectivity index (χ4v) is 2.99. The Morgan fingerprint density at radius 3 is 2.34 bits per heavy atom. The van der Waals surface area contributed by atoms with Crippen LogP contribution in [-0.4, -0.2) is 38.7 Å². The molecule has 2 amide bonds. The molecule has 0 aromatic heterocycles. The Morgan fingerprint density at radius 2 is 1.76 bits per heavy atom. The molecule has 29 heavy (non-hydrogen) atoms. The van der Waals surface area contributed by atoms with Crippen molar-refractivity contribution in [3.8, 4) is 5.75 Å².